The van der Waals surface area contributed by atoms with Gasteiger partial charge in [-0.1, -0.05) is 6.08 Å². The van der Waals surface area contributed by atoms with Crippen molar-refractivity contribution in [3.8, 4) is 6.07 Å². The fraction of sp³-hybridized carbons (Fsp3) is 0.429. The summed E-state index contributed by atoms with van der Waals surface area (Å²) in [5, 5.41) is 15.2. The Kier molecular flexibility index (Phi) is 5.49. The molecule has 0 atom stereocenters. The Balaban J connectivity index is 1.64. The molecule has 0 unspecified atom stereocenters. The number of imidazole rings is 1. The molecule has 0 saturated carbocycles. The van der Waals surface area contributed by atoms with E-state index in [9.17, 15) is 4.79 Å². The molecule has 2 aliphatic rings. The maximum atomic E-state index is 12.6. The highest BCUT2D eigenvalue weighted by atomic mass is 16.2. The highest BCUT2D eigenvalue weighted by molar-refractivity contribution is 6.03. The standard InChI is InChI=1S/C21H24N6O/c22-12-16-13-24-20(25-16)21(28)27-18-7-6-17(14-8-10-23-11-9-14)26-19(18)15-4-2-1-3-5-15/h4,6-7,13-14,23H,1-3,5,8-11H2,(H,24,25)(H,27,28). The molecule has 1 fully saturated rings. The molecule has 1 aliphatic carbocycles. The molecule has 2 aromatic rings. The monoisotopic (exact) mass is 376 g/mol. The third-order valence-electron chi connectivity index (χ3n) is 5.43. The van der Waals surface area contributed by atoms with Crippen LogP contribution in [0.25, 0.3) is 5.57 Å². The number of nitriles is 1. The molecule has 1 aliphatic heterocycles. The number of anilines is 1. The number of carbonyl (C=O) groups is 1. The predicted molar refractivity (Wildman–Crippen MR) is 107 cm³/mol. The first kappa shape index (κ1) is 18.4. The Morgan fingerprint density at radius 3 is 2.82 bits per heavy atom. The average Bonchev–Trinajstić information content (AvgIpc) is 3.25. The van der Waals surface area contributed by atoms with E-state index in [0.29, 0.717) is 11.6 Å². The van der Waals surface area contributed by atoms with Gasteiger partial charge in [-0.2, -0.15) is 5.26 Å². The summed E-state index contributed by atoms with van der Waals surface area (Å²) >= 11 is 0. The number of hydrogen-bond acceptors (Lipinski definition) is 5. The number of aromatic nitrogens is 3. The van der Waals surface area contributed by atoms with Gasteiger partial charge >= 0.3 is 0 Å². The summed E-state index contributed by atoms with van der Waals surface area (Å²) in [7, 11) is 0. The minimum absolute atomic E-state index is 0.127. The van der Waals surface area contributed by atoms with Gasteiger partial charge in [0.25, 0.3) is 5.91 Å². The second-order valence-corrected chi connectivity index (χ2v) is 7.34. The Labute approximate surface area is 164 Å². The van der Waals surface area contributed by atoms with Crippen molar-refractivity contribution in [3.05, 3.63) is 47.3 Å². The first-order valence-corrected chi connectivity index (χ1v) is 9.92. The lowest BCUT2D eigenvalue weighted by molar-refractivity contribution is 0.101. The van der Waals surface area contributed by atoms with Crippen LogP contribution in [-0.2, 0) is 0 Å². The maximum Gasteiger partial charge on any atom is 0.291 e. The number of allylic oxidation sites excluding steroid dienone is 2. The molecule has 28 heavy (non-hydrogen) atoms. The average molecular weight is 376 g/mol. The van der Waals surface area contributed by atoms with Crippen molar-refractivity contribution < 1.29 is 4.79 Å². The first-order valence-electron chi connectivity index (χ1n) is 9.92. The summed E-state index contributed by atoms with van der Waals surface area (Å²) in [4.78, 5) is 24.3. The molecular formula is C21H24N6O. The van der Waals surface area contributed by atoms with Gasteiger partial charge in [0, 0.05) is 11.6 Å². The van der Waals surface area contributed by atoms with E-state index in [1.165, 1.54) is 18.2 Å². The van der Waals surface area contributed by atoms with Crippen LogP contribution in [0, 0.1) is 11.3 Å². The number of carbonyl (C=O) groups excluding carboxylic acids is 1. The van der Waals surface area contributed by atoms with E-state index in [0.717, 1.165) is 56.6 Å². The van der Waals surface area contributed by atoms with E-state index in [-0.39, 0.29) is 17.4 Å². The Morgan fingerprint density at radius 2 is 2.11 bits per heavy atom. The zero-order valence-corrected chi connectivity index (χ0v) is 15.8. The van der Waals surface area contributed by atoms with Crippen molar-refractivity contribution in [1.82, 2.24) is 20.3 Å². The SMILES string of the molecule is N#Cc1cnc(C(=O)Nc2ccc(C3CCNCC3)nc2C2=CCCCC2)[nH]1. The highest BCUT2D eigenvalue weighted by Gasteiger charge is 2.21. The van der Waals surface area contributed by atoms with Gasteiger partial charge in [-0.15, -0.1) is 0 Å². The van der Waals surface area contributed by atoms with Crippen LogP contribution in [0.3, 0.4) is 0 Å². The molecular weight excluding hydrogens is 352 g/mol. The van der Waals surface area contributed by atoms with E-state index < -0.39 is 0 Å². The molecule has 1 saturated heterocycles. The van der Waals surface area contributed by atoms with Crippen molar-refractivity contribution in [2.24, 2.45) is 0 Å². The molecule has 0 radical (unpaired) electrons. The lowest BCUT2D eigenvalue weighted by Crippen LogP contribution is -2.27. The van der Waals surface area contributed by atoms with Gasteiger partial charge in [0.15, 0.2) is 5.82 Å². The quantitative estimate of drug-likeness (QED) is 0.759. The molecule has 7 heteroatoms. The third kappa shape index (κ3) is 3.97. The van der Waals surface area contributed by atoms with Crippen LogP contribution in [-0.4, -0.2) is 33.9 Å². The number of amides is 1. The molecule has 7 nitrogen and oxygen atoms in total. The lowest BCUT2D eigenvalue weighted by atomic mass is 9.92. The zero-order valence-electron chi connectivity index (χ0n) is 15.8. The van der Waals surface area contributed by atoms with E-state index in [4.69, 9.17) is 10.2 Å². The predicted octanol–water partition coefficient (Wildman–Crippen LogP) is 3.35. The van der Waals surface area contributed by atoms with E-state index >= 15 is 0 Å². The molecule has 144 valence electrons. The van der Waals surface area contributed by atoms with Crippen LogP contribution < -0.4 is 10.6 Å². The number of aromatic amines is 1. The minimum atomic E-state index is -0.365. The number of H-pyrrole nitrogens is 1. The number of nitrogens with one attached hydrogen (secondary N) is 3. The lowest BCUT2D eigenvalue weighted by Gasteiger charge is -2.24. The number of hydrogen-bond donors (Lipinski definition) is 3. The fourth-order valence-electron chi connectivity index (χ4n) is 3.89. The van der Waals surface area contributed by atoms with Gasteiger partial charge in [-0.25, -0.2) is 4.98 Å². The maximum absolute atomic E-state index is 12.6. The largest absolute Gasteiger partial charge is 0.326 e. The fourth-order valence-corrected chi connectivity index (χ4v) is 3.89. The van der Waals surface area contributed by atoms with Crippen molar-refractivity contribution >= 4 is 17.2 Å². The van der Waals surface area contributed by atoms with Crippen LogP contribution in [0.15, 0.2) is 24.4 Å². The third-order valence-corrected chi connectivity index (χ3v) is 5.43. The van der Waals surface area contributed by atoms with E-state index in [2.05, 4.69) is 26.7 Å². The first-order chi connectivity index (χ1) is 13.7. The van der Waals surface area contributed by atoms with E-state index in [1.54, 1.807) is 0 Å². The Bertz CT molecular complexity index is 933. The van der Waals surface area contributed by atoms with Crippen molar-refractivity contribution in [3.63, 3.8) is 0 Å². The Morgan fingerprint density at radius 1 is 1.25 bits per heavy atom. The molecule has 0 spiro atoms. The van der Waals surface area contributed by atoms with Gasteiger partial charge in [0.2, 0.25) is 0 Å². The van der Waals surface area contributed by atoms with E-state index in [1.807, 2.05) is 18.2 Å². The normalized spacial score (nSPS) is 17.6. The van der Waals surface area contributed by atoms with Gasteiger partial charge in [0.1, 0.15) is 11.8 Å². The van der Waals surface area contributed by atoms with Crippen LogP contribution >= 0.6 is 0 Å². The minimum Gasteiger partial charge on any atom is -0.326 e. The summed E-state index contributed by atoms with van der Waals surface area (Å²) < 4.78 is 0. The number of piperidine rings is 1. The number of nitrogens with zero attached hydrogens (tertiary/aromatic N) is 3. The topological polar surface area (TPSA) is 106 Å². The van der Waals surface area contributed by atoms with Gasteiger partial charge in [-0.05, 0) is 69.3 Å². The summed E-state index contributed by atoms with van der Waals surface area (Å²) in [6.07, 6.45) is 10.1. The Hall–Kier alpha value is -2.98. The smallest absolute Gasteiger partial charge is 0.291 e. The molecule has 0 aromatic carbocycles. The van der Waals surface area contributed by atoms with Crippen LogP contribution in [0.1, 0.15) is 72.1 Å². The van der Waals surface area contributed by atoms with Crippen LogP contribution in [0.5, 0.6) is 0 Å². The van der Waals surface area contributed by atoms with Crippen LogP contribution in [0.2, 0.25) is 0 Å². The molecule has 2 aromatic heterocycles. The molecule has 4 rings (SSSR count). The van der Waals surface area contributed by atoms with Gasteiger partial charge in [0.05, 0.1) is 17.6 Å². The number of rotatable bonds is 4. The van der Waals surface area contributed by atoms with Crippen LogP contribution in [0.4, 0.5) is 5.69 Å². The van der Waals surface area contributed by atoms with Gasteiger partial charge in [-0.3, -0.25) is 9.78 Å². The molecule has 3 N–H and O–H groups in total. The summed E-state index contributed by atoms with van der Waals surface area (Å²) in [5.74, 6) is 0.218. The second-order valence-electron chi connectivity index (χ2n) is 7.34. The van der Waals surface area contributed by atoms with Gasteiger partial charge < -0.3 is 15.6 Å². The molecule has 0 bridgehead atoms. The van der Waals surface area contributed by atoms with Crippen molar-refractivity contribution in [1.29, 1.82) is 5.26 Å². The molecule has 1 amide bonds. The summed E-state index contributed by atoms with van der Waals surface area (Å²) in [6, 6.07) is 5.94. The van der Waals surface area contributed by atoms with Crippen molar-refractivity contribution in [2.75, 3.05) is 18.4 Å². The summed E-state index contributed by atoms with van der Waals surface area (Å²) in [6.45, 7) is 2.03. The zero-order chi connectivity index (χ0) is 19.3. The van der Waals surface area contributed by atoms with Crippen molar-refractivity contribution in [2.45, 2.75) is 44.4 Å². The second kappa shape index (κ2) is 8.36. The summed E-state index contributed by atoms with van der Waals surface area (Å²) in [5.41, 5.74) is 4.14. The highest BCUT2D eigenvalue weighted by Crippen LogP contribution is 2.33. The number of pyridine rings is 1. The molecule has 3 heterocycles.